The number of para-hydroxylation sites is 1. The number of allylic oxidation sites excluding steroid dienone is 4. The molecule has 1 aliphatic carbocycles. The summed E-state index contributed by atoms with van der Waals surface area (Å²) in [5, 5.41) is 0. The van der Waals surface area contributed by atoms with Crippen molar-refractivity contribution in [2.24, 2.45) is 48.0 Å². The molecule has 0 saturated carbocycles. The summed E-state index contributed by atoms with van der Waals surface area (Å²) in [5.74, 6) is 0.574. The van der Waals surface area contributed by atoms with E-state index in [1.54, 1.807) is 0 Å². The average molecular weight is 798 g/mol. The number of nitrogens with zero attached hydrogens (tertiary/aromatic N) is 3. The second-order valence-corrected chi connectivity index (χ2v) is 21.5. The van der Waals surface area contributed by atoms with Crippen LogP contribution >= 0.6 is 0 Å². The van der Waals surface area contributed by atoms with E-state index in [1.807, 2.05) is 47.6 Å². The van der Waals surface area contributed by atoms with Crippen LogP contribution in [0.15, 0.2) is 81.0 Å². The number of benzene rings is 2. The molecule has 0 radical (unpaired) electrons. The highest BCUT2D eigenvalue weighted by Crippen LogP contribution is 2.41. The molecule has 0 bridgehead atoms. The van der Waals surface area contributed by atoms with Gasteiger partial charge in [-0.05, 0) is 57.9 Å². The summed E-state index contributed by atoms with van der Waals surface area (Å²) in [4.78, 5) is 14.2. The maximum Gasteiger partial charge on any atom is 0.0665 e. The van der Waals surface area contributed by atoms with E-state index in [1.165, 1.54) is 50.8 Å². The molecule has 3 aliphatic heterocycles. The minimum Gasteiger partial charge on any atom is -0.261 e. The summed E-state index contributed by atoms with van der Waals surface area (Å²) in [7, 11) is 0. The SMILES string of the molecule is CC.CC.CC.CC(C)(C)C.CC(C)(C)C.CC(C)(C)C1=NC2=C(C1)c1ccccc1CC2.CC(C)(C)C1=Nc2ccccc2C1.CC(C)C1=CCC(C(C)(C)C)=N1. The predicted octanol–water partition coefficient (Wildman–Crippen LogP) is 18.2. The summed E-state index contributed by atoms with van der Waals surface area (Å²) in [6, 6.07) is 17.2. The zero-order valence-corrected chi connectivity index (χ0v) is 43.2. The van der Waals surface area contributed by atoms with Crippen LogP contribution in [0.25, 0.3) is 5.57 Å². The number of aliphatic imine (C=N–C) groups is 3. The first-order valence-electron chi connectivity index (χ1n) is 22.9. The topological polar surface area (TPSA) is 37.1 Å². The van der Waals surface area contributed by atoms with Gasteiger partial charge in [-0.2, -0.15) is 0 Å². The molecule has 3 nitrogen and oxygen atoms in total. The molecule has 0 N–H and O–H groups in total. The van der Waals surface area contributed by atoms with Crippen LogP contribution in [0.1, 0.15) is 209 Å². The smallest absolute Gasteiger partial charge is 0.0665 e. The second-order valence-electron chi connectivity index (χ2n) is 21.5. The van der Waals surface area contributed by atoms with Crippen LogP contribution in [-0.4, -0.2) is 17.1 Å². The Balaban J connectivity index is 0. The predicted molar refractivity (Wildman–Crippen MR) is 269 cm³/mol. The third-order valence-electron chi connectivity index (χ3n) is 8.50. The van der Waals surface area contributed by atoms with Crippen LogP contribution in [0.2, 0.25) is 0 Å². The van der Waals surface area contributed by atoms with E-state index in [2.05, 4.69) is 190 Å². The average Bonchev–Trinajstić information content (AvgIpc) is 3.89. The first kappa shape index (κ1) is 57.0. The molecular weight excluding hydrogens is 703 g/mol. The summed E-state index contributed by atoms with van der Waals surface area (Å²) in [5.41, 5.74) is 15.2. The summed E-state index contributed by atoms with van der Waals surface area (Å²) in [6.45, 7) is 54.0. The quantitative estimate of drug-likeness (QED) is 0.276. The van der Waals surface area contributed by atoms with Gasteiger partial charge < -0.3 is 0 Å². The Morgan fingerprint density at radius 2 is 0.879 bits per heavy atom. The number of hydrogen-bond donors (Lipinski definition) is 0. The lowest BCUT2D eigenvalue weighted by Gasteiger charge is -2.19. The molecule has 0 fully saturated rings. The summed E-state index contributed by atoms with van der Waals surface area (Å²) < 4.78 is 0. The molecular formula is C55H95N3. The maximum atomic E-state index is 4.88. The van der Waals surface area contributed by atoms with Gasteiger partial charge in [0.25, 0.3) is 0 Å². The summed E-state index contributed by atoms with van der Waals surface area (Å²) in [6.07, 6.45) is 7.65. The first-order chi connectivity index (χ1) is 26.5. The van der Waals surface area contributed by atoms with Gasteiger partial charge in [0, 0.05) is 64.0 Å². The van der Waals surface area contributed by atoms with Gasteiger partial charge in [-0.25, -0.2) is 0 Å². The van der Waals surface area contributed by atoms with Gasteiger partial charge >= 0.3 is 0 Å². The molecule has 2 aromatic carbocycles. The van der Waals surface area contributed by atoms with E-state index >= 15 is 0 Å². The second kappa shape index (κ2) is 25.5. The molecule has 0 spiro atoms. The molecule has 4 aliphatic rings. The Morgan fingerprint density at radius 1 is 0.466 bits per heavy atom. The van der Waals surface area contributed by atoms with E-state index in [-0.39, 0.29) is 16.2 Å². The third-order valence-corrected chi connectivity index (χ3v) is 8.50. The Hall–Kier alpha value is -3.07. The van der Waals surface area contributed by atoms with Gasteiger partial charge in [0.1, 0.15) is 0 Å². The minimum absolute atomic E-state index is 0.201. The van der Waals surface area contributed by atoms with Crippen LogP contribution in [0.5, 0.6) is 0 Å². The number of fused-ring (bicyclic) bond motifs is 3. The van der Waals surface area contributed by atoms with Crippen molar-refractivity contribution in [3.8, 4) is 0 Å². The van der Waals surface area contributed by atoms with Gasteiger partial charge in [0.15, 0.2) is 0 Å². The van der Waals surface area contributed by atoms with Crippen molar-refractivity contribution in [2.75, 3.05) is 0 Å². The lowest BCUT2D eigenvalue weighted by atomic mass is 9.83. The van der Waals surface area contributed by atoms with Crippen molar-refractivity contribution in [1.29, 1.82) is 0 Å². The summed E-state index contributed by atoms with van der Waals surface area (Å²) >= 11 is 0. The molecule has 3 heteroatoms. The van der Waals surface area contributed by atoms with Gasteiger partial charge in [-0.15, -0.1) is 0 Å². The van der Waals surface area contributed by atoms with Gasteiger partial charge in [0.2, 0.25) is 0 Å². The zero-order chi connectivity index (χ0) is 45.9. The van der Waals surface area contributed by atoms with Crippen LogP contribution in [-0.2, 0) is 12.8 Å². The molecule has 0 aromatic heterocycles. The fourth-order valence-corrected chi connectivity index (χ4v) is 5.57. The highest BCUT2D eigenvalue weighted by molar-refractivity contribution is 6.03. The molecule has 0 amide bonds. The molecule has 2 aromatic rings. The lowest BCUT2D eigenvalue weighted by Crippen LogP contribution is -2.19. The van der Waals surface area contributed by atoms with Crippen LogP contribution in [0.4, 0.5) is 5.69 Å². The Bertz CT molecular complexity index is 1610. The molecule has 0 unspecified atom stereocenters. The van der Waals surface area contributed by atoms with Gasteiger partial charge in [-0.1, -0.05) is 222 Å². The molecule has 6 rings (SSSR count). The van der Waals surface area contributed by atoms with E-state index in [0.717, 1.165) is 37.8 Å². The largest absolute Gasteiger partial charge is 0.261 e. The van der Waals surface area contributed by atoms with Crippen molar-refractivity contribution in [3.05, 3.63) is 82.7 Å². The molecule has 3 heterocycles. The normalized spacial score (nSPS) is 15.1. The van der Waals surface area contributed by atoms with Crippen LogP contribution in [0, 0.1) is 33.0 Å². The van der Waals surface area contributed by atoms with Gasteiger partial charge in [0.05, 0.1) is 5.69 Å². The molecule has 0 atom stereocenters. The Morgan fingerprint density at radius 3 is 1.28 bits per heavy atom. The zero-order valence-electron chi connectivity index (χ0n) is 43.2. The van der Waals surface area contributed by atoms with E-state index < -0.39 is 0 Å². The van der Waals surface area contributed by atoms with Gasteiger partial charge in [-0.3, -0.25) is 15.0 Å². The van der Waals surface area contributed by atoms with Crippen molar-refractivity contribution in [3.63, 3.8) is 0 Å². The van der Waals surface area contributed by atoms with E-state index in [9.17, 15) is 0 Å². The highest BCUT2D eigenvalue weighted by Gasteiger charge is 2.30. The molecule has 58 heavy (non-hydrogen) atoms. The van der Waals surface area contributed by atoms with E-state index in [0.29, 0.717) is 16.7 Å². The fraction of sp³-hybridized carbons (Fsp3) is 0.655. The third kappa shape index (κ3) is 22.9. The Kier molecular flexibility index (Phi) is 25.1. The van der Waals surface area contributed by atoms with Crippen LogP contribution < -0.4 is 0 Å². The Labute approximate surface area is 363 Å². The monoisotopic (exact) mass is 798 g/mol. The number of hydrogen-bond acceptors (Lipinski definition) is 3. The van der Waals surface area contributed by atoms with Crippen molar-refractivity contribution < 1.29 is 0 Å². The van der Waals surface area contributed by atoms with Crippen LogP contribution in [0.3, 0.4) is 0 Å². The number of rotatable bonds is 1. The van der Waals surface area contributed by atoms with Crippen molar-refractivity contribution >= 4 is 28.4 Å². The molecule has 0 saturated heterocycles. The molecule has 330 valence electrons. The first-order valence-corrected chi connectivity index (χ1v) is 22.9. The standard InChI is InChI=1S/C16H19N.C12H15N.C11H19N.2C5H12.3C2H6/c1-16(2,3)15-10-13-12-7-5-4-6-11(12)8-9-14(13)17-15;1-12(2,3)11-8-9-6-4-5-7-10(9)13-11;1-8(2)9-6-7-10(12-9)11(3,4)5;2*1-5(2,3)4;3*1-2/h4-7H,8-10H2,1-3H3;4-7H,8H2,1-3H3;6,8H,7H2,1-5H3;2*1-4H3;3*1-2H3. The van der Waals surface area contributed by atoms with Crippen molar-refractivity contribution in [1.82, 2.24) is 0 Å². The number of aryl methyl sites for hydroxylation is 1. The fourth-order valence-electron chi connectivity index (χ4n) is 5.57. The van der Waals surface area contributed by atoms with Crippen molar-refractivity contribution in [2.45, 2.75) is 205 Å². The highest BCUT2D eigenvalue weighted by atomic mass is 14.8. The minimum atomic E-state index is 0.201. The maximum absolute atomic E-state index is 4.88. The lowest BCUT2D eigenvalue weighted by molar-refractivity contribution is 0.469. The van der Waals surface area contributed by atoms with E-state index in [4.69, 9.17) is 4.99 Å².